The average molecular weight is 1140 g/mol. The molecule has 0 spiro atoms. The van der Waals surface area contributed by atoms with E-state index in [2.05, 4.69) is 93.7 Å². The summed E-state index contributed by atoms with van der Waals surface area (Å²) in [5.41, 5.74) is 0. The van der Waals surface area contributed by atoms with Crippen molar-refractivity contribution in [3.63, 3.8) is 0 Å². The highest BCUT2D eigenvalue weighted by Gasteiger charge is 2.28. The van der Waals surface area contributed by atoms with E-state index in [0.717, 1.165) is 83.5 Å². The molecule has 3 atom stereocenters. The van der Waals surface area contributed by atoms with Gasteiger partial charge in [-0.25, -0.2) is 4.57 Å². The van der Waals surface area contributed by atoms with Crippen molar-refractivity contribution >= 4 is 25.7 Å². The molecule has 3 unspecified atom stereocenters. The van der Waals surface area contributed by atoms with Crippen molar-refractivity contribution in [2.24, 2.45) is 0 Å². The molecule has 0 radical (unpaired) electrons. The van der Waals surface area contributed by atoms with Crippen LogP contribution >= 0.6 is 7.82 Å². The van der Waals surface area contributed by atoms with Crippen LogP contribution in [-0.2, 0) is 42.2 Å². The van der Waals surface area contributed by atoms with Gasteiger partial charge in [-0.15, -0.1) is 0 Å². The zero-order chi connectivity index (χ0) is 58.3. The van der Waals surface area contributed by atoms with Crippen LogP contribution in [0, 0.1) is 0 Å². The van der Waals surface area contributed by atoms with E-state index in [1.54, 1.807) is 0 Å². The van der Waals surface area contributed by atoms with Crippen LogP contribution in [0.15, 0.2) is 85.1 Å². The number of hydrogen-bond acceptors (Lipinski definition) is 10. The van der Waals surface area contributed by atoms with Gasteiger partial charge in [-0.05, 0) is 89.9 Å². The molecule has 462 valence electrons. The van der Waals surface area contributed by atoms with Crippen LogP contribution in [0.4, 0.5) is 0 Å². The maximum absolute atomic E-state index is 13.0. The van der Waals surface area contributed by atoms with Crippen LogP contribution in [0.2, 0.25) is 0 Å². The Morgan fingerprint density at radius 2 is 0.662 bits per heavy atom. The van der Waals surface area contributed by atoms with Gasteiger partial charge in [0, 0.05) is 19.3 Å². The maximum Gasteiger partial charge on any atom is 0.472 e. The molecule has 0 aliphatic carbocycles. The molecule has 0 aromatic heterocycles. The Bertz CT molecular complexity index is 1670. The highest BCUT2D eigenvalue weighted by molar-refractivity contribution is 7.47. The van der Waals surface area contributed by atoms with E-state index in [1.807, 2.05) is 12.2 Å². The molecule has 0 bridgehead atoms. The topological polar surface area (TPSA) is 155 Å². The van der Waals surface area contributed by atoms with Crippen LogP contribution < -0.4 is 0 Å². The molecule has 0 amide bonds. The van der Waals surface area contributed by atoms with Gasteiger partial charge in [0.1, 0.15) is 12.7 Å². The number of allylic oxidation sites excluding steroid dienone is 14. The smallest absolute Gasteiger partial charge is 0.462 e. The van der Waals surface area contributed by atoms with Gasteiger partial charge in [0.25, 0.3) is 0 Å². The van der Waals surface area contributed by atoms with Gasteiger partial charge in [0.05, 0.1) is 19.8 Å². The third-order valence-electron chi connectivity index (χ3n) is 13.8. The summed E-state index contributed by atoms with van der Waals surface area (Å²) in [7, 11) is -4.77. The third-order valence-corrected chi connectivity index (χ3v) is 14.8. The molecule has 80 heavy (non-hydrogen) atoms. The lowest BCUT2D eigenvalue weighted by Gasteiger charge is -2.21. The monoisotopic (exact) mass is 1140 g/mol. The Kier molecular flexibility index (Phi) is 59.1. The number of unbranched alkanes of at least 4 members (excludes halogenated alkanes) is 29. The summed E-state index contributed by atoms with van der Waals surface area (Å²) >= 11 is 0. The van der Waals surface area contributed by atoms with Gasteiger partial charge in [0.15, 0.2) is 6.10 Å². The SMILES string of the molecule is CC/C=C\C/C=C\C/C=C\C/C=C\C/C=C\CCCC(=O)OC(CO)COP(=O)(O)OCC(COC(=O)CCCCCCCCCCCCCCCCCCC)OC(=O)CCCCCCCCCCC/C=C\C/C=C\CCCCC. The fourth-order valence-electron chi connectivity index (χ4n) is 8.89. The summed E-state index contributed by atoms with van der Waals surface area (Å²) in [6, 6.07) is 0. The zero-order valence-corrected chi connectivity index (χ0v) is 52.2. The summed E-state index contributed by atoms with van der Waals surface area (Å²) in [5.74, 6) is -1.52. The Balaban J connectivity index is 4.75. The number of aliphatic hydroxyl groups excluding tert-OH is 1. The summed E-state index contributed by atoms with van der Waals surface area (Å²) in [5, 5.41) is 9.84. The molecular formula is C68H119O11P. The van der Waals surface area contributed by atoms with Crippen LogP contribution in [0.1, 0.15) is 290 Å². The third kappa shape index (κ3) is 59.3. The first-order valence-electron chi connectivity index (χ1n) is 32.5. The first kappa shape index (κ1) is 76.7. The van der Waals surface area contributed by atoms with Gasteiger partial charge < -0.3 is 24.2 Å². The van der Waals surface area contributed by atoms with Gasteiger partial charge in [0.2, 0.25) is 0 Å². The highest BCUT2D eigenvalue weighted by Crippen LogP contribution is 2.43. The van der Waals surface area contributed by atoms with Gasteiger partial charge in [-0.2, -0.15) is 0 Å². The van der Waals surface area contributed by atoms with Crippen molar-refractivity contribution in [3.8, 4) is 0 Å². The van der Waals surface area contributed by atoms with Crippen molar-refractivity contribution in [1.29, 1.82) is 0 Å². The van der Waals surface area contributed by atoms with Crippen molar-refractivity contribution in [1.82, 2.24) is 0 Å². The molecule has 0 aromatic rings. The summed E-state index contributed by atoms with van der Waals surface area (Å²) in [6.07, 6.45) is 72.5. The predicted octanol–water partition coefficient (Wildman–Crippen LogP) is 19.8. The van der Waals surface area contributed by atoms with E-state index < -0.39 is 57.8 Å². The summed E-state index contributed by atoms with van der Waals surface area (Å²) in [4.78, 5) is 48.8. The van der Waals surface area contributed by atoms with Crippen molar-refractivity contribution in [2.45, 2.75) is 303 Å². The number of ether oxygens (including phenoxy) is 3. The lowest BCUT2D eigenvalue weighted by molar-refractivity contribution is -0.161. The number of hydrogen-bond donors (Lipinski definition) is 2. The minimum atomic E-state index is -4.77. The second-order valence-corrected chi connectivity index (χ2v) is 23.0. The molecule has 0 heterocycles. The Morgan fingerprint density at radius 1 is 0.362 bits per heavy atom. The summed E-state index contributed by atoms with van der Waals surface area (Å²) < 4.78 is 39.7. The molecule has 12 heteroatoms. The quantitative estimate of drug-likeness (QED) is 0.0197. The minimum absolute atomic E-state index is 0.0971. The molecule has 0 saturated carbocycles. The van der Waals surface area contributed by atoms with Crippen LogP contribution in [0.3, 0.4) is 0 Å². The number of aliphatic hydroxyl groups is 1. The van der Waals surface area contributed by atoms with Crippen molar-refractivity contribution in [3.05, 3.63) is 85.1 Å². The number of carbonyl (C=O) groups excluding carboxylic acids is 3. The van der Waals surface area contributed by atoms with E-state index in [9.17, 15) is 28.9 Å². The van der Waals surface area contributed by atoms with Crippen LogP contribution in [0.5, 0.6) is 0 Å². The highest BCUT2D eigenvalue weighted by atomic mass is 31.2. The van der Waals surface area contributed by atoms with Gasteiger partial charge in [-0.1, -0.05) is 266 Å². The van der Waals surface area contributed by atoms with Gasteiger partial charge >= 0.3 is 25.7 Å². The van der Waals surface area contributed by atoms with E-state index in [0.29, 0.717) is 25.7 Å². The number of carbonyl (C=O) groups is 3. The average Bonchev–Trinajstić information content (AvgIpc) is 3.45. The molecule has 0 aliphatic rings. The molecule has 0 rings (SSSR count). The lowest BCUT2D eigenvalue weighted by atomic mass is 10.0. The van der Waals surface area contributed by atoms with Crippen LogP contribution in [0.25, 0.3) is 0 Å². The molecule has 0 aliphatic heterocycles. The second kappa shape index (κ2) is 61.7. The van der Waals surface area contributed by atoms with Gasteiger partial charge in [-0.3, -0.25) is 23.4 Å². The van der Waals surface area contributed by atoms with Crippen molar-refractivity contribution < 1.29 is 52.2 Å². The minimum Gasteiger partial charge on any atom is -0.462 e. The Morgan fingerprint density at radius 3 is 1.07 bits per heavy atom. The van der Waals surface area contributed by atoms with Crippen molar-refractivity contribution in [2.75, 3.05) is 26.4 Å². The fraction of sp³-hybridized carbons (Fsp3) is 0.750. The predicted molar refractivity (Wildman–Crippen MR) is 334 cm³/mol. The van der Waals surface area contributed by atoms with E-state index in [1.165, 1.54) is 141 Å². The lowest BCUT2D eigenvalue weighted by Crippen LogP contribution is -2.30. The van der Waals surface area contributed by atoms with E-state index in [-0.39, 0.29) is 25.9 Å². The molecule has 0 saturated heterocycles. The summed E-state index contributed by atoms with van der Waals surface area (Å²) in [6.45, 7) is 4.49. The molecule has 0 aromatic carbocycles. The second-order valence-electron chi connectivity index (χ2n) is 21.6. The fourth-order valence-corrected chi connectivity index (χ4v) is 9.68. The molecule has 0 fully saturated rings. The number of phosphoric ester groups is 1. The molecule has 11 nitrogen and oxygen atoms in total. The maximum atomic E-state index is 13.0. The van der Waals surface area contributed by atoms with E-state index in [4.69, 9.17) is 23.3 Å². The number of rotatable bonds is 60. The largest absolute Gasteiger partial charge is 0.472 e. The number of esters is 3. The zero-order valence-electron chi connectivity index (χ0n) is 51.3. The molecular weight excluding hydrogens is 1020 g/mol. The number of phosphoric acid groups is 1. The first-order valence-corrected chi connectivity index (χ1v) is 34.0. The standard InChI is InChI=1S/C68H119O11P/c1-4-7-10-13-16-19-22-25-28-31-32-35-38-41-44-47-50-53-56-59-68(72)79-65(61-75-66(70)57-54-51-48-45-42-39-36-33-29-26-23-20-17-14-11-8-5-2)63-77-80(73,74)76-62-64(60-69)78-67(71)58-55-52-49-46-43-40-37-34-30-27-24-21-18-15-12-9-6-3/h9,12,16,18-19,21,25,27-28,30,37,40,46,49,64-65,69H,4-8,10-11,13-15,17,20,22-24,26,29,31-36,38-39,41-45,47-48,50-63H2,1-3H3,(H,73,74)/b12-9-,19-16-,21-18-,28-25-,30-27-,40-37-,49-46-. The van der Waals surface area contributed by atoms with Crippen LogP contribution in [-0.4, -0.2) is 66.5 Å². The normalized spacial score (nSPS) is 13.8. The Labute approximate surface area is 490 Å². The molecule has 2 N–H and O–H groups in total. The first-order chi connectivity index (χ1) is 39.2. The Hall–Kier alpha value is -3.34. The van der Waals surface area contributed by atoms with E-state index >= 15 is 0 Å².